The van der Waals surface area contributed by atoms with E-state index in [-0.39, 0.29) is 5.56 Å². The minimum Gasteiger partial charge on any atom is -0.493 e. The maximum Gasteiger partial charge on any atom is 0.264 e. The molecule has 6 nitrogen and oxygen atoms in total. The van der Waals surface area contributed by atoms with Crippen LogP contribution in [-0.4, -0.2) is 27.7 Å². The van der Waals surface area contributed by atoms with Gasteiger partial charge >= 0.3 is 0 Å². The molecule has 0 bridgehead atoms. The van der Waals surface area contributed by atoms with Crippen molar-refractivity contribution in [1.82, 2.24) is 4.72 Å². The summed E-state index contributed by atoms with van der Waals surface area (Å²) in [6.07, 6.45) is 0.915. The van der Waals surface area contributed by atoms with Gasteiger partial charge in [0.15, 0.2) is 11.5 Å². The van der Waals surface area contributed by atoms with Gasteiger partial charge in [-0.1, -0.05) is 0 Å². The molecule has 2 rings (SSSR count). The van der Waals surface area contributed by atoms with E-state index in [2.05, 4.69) is 15.9 Å². The Kier molecular flexibility index (Phi) is 5.66. The smallest absolute Gasteiger partial charge is 0.264 e. The van der Waals surface area contributed by atoms with Gasteiger partial charge in [0.2, 0.25) is 10.0 Å². The Morgan fingerprint density at radius 1 is 1.26 bits per heavy atom. The van der Waals surface area contributed by atoms with Crippen LogP contribution >= 0.6 is 27.3 Å². The van der Waals surface area contributed by atoms with Crippen LogP contribution in [-0.2, 0) is 16.6 Å². The van der Waals surface area contributed by atoms with Gasteiger partial charge in [0.1, 0.15) is 6.61 Å². The second-order valence-electron chi connectivity index (χ2n) is 4.56. The van der Waals surface area contributed by atoms with E-state index in [1.54, 1.807) is 17.4 Å². The van der Waals surface area contributed by atoms with Crippen molar-refractivity contribution in [3.63, 3.8) is 0 Å². The molecule has 1 aromatic carbocycles. The number of rotatable bonds is 6. The molecule has 1 aromatic heterocycles. The van der Waals surface area contributed by atoms with E-state index in [1.807, 2.05) is 16.9 Å². The van der Waals surface area contributed by atoms with Gasteiger partial charge < -0.3 is 9.47 Å². The molecule has 0 unspecified atom stereocenters. The predicted octanol–water partition coefficient (Wildman–Crippen LogP) is 2.79. The van der Waals surface area contributed by atoms with E-state index in [1.165, 1.54) is 19.2 Å². The first-order valence-electron chi connectivity index (χ1n) is 6.35. The maximum absolute atomic E-state index is 11.8. The molecule has 0 aliphatic carbocycles. The highest BCUT2D eigenvalue weighted by Gasteiger charge is 2.14. The molecule has 2 aromatic rings. The standard InChI is InChI=1S/C14H14BrNO5S2/c1-20-12-7-9(14(17)16-23(2,18)19)3-5-11(12)21-8-10-4-6-13(15)22-10/h3-7H,8H2,1-2H3,(H,16,17). The molecule has 1 amide bonds. The minimum absolute atomic E-state index is 0.165. The average Bonchev–Trinajstić information content (AvgIpc) is 2.88. The predicted molar refractivity (Wildman–Crippen MR) is 91.7 cm³/mol. The highest BCUT2D eigenvalue weighted by Crippen LogP contribution is 2.30. The maximum atomic E-state index is 11.8. The van der Waals surface area contributed by atoms with E-state index in [0.29, 0.717) is 18.1 Å². The second-order valence-corrected chi connectivity index (χ2v) is 8.86. The molecule has 0 aliphatic heterocycles. The summed E-state index contributed by atoms with van der Waals surface area (Å²) in [5.74, 6) is 0.0919. The van der Waals surface area contributed by atoms with E-state index in [0.717, 1.165) is 14.9 Å². The quantitative estimate of drug-likeness (QED) is 0.778. The van der Waals surface area contributed by atoms with Crippen LogP contribution in [0.4, 0.5) is 0 Å². The van der Waals surface area contributed by atoms with Crippen LogP contribution in [0.25, 0.3) is 0 Å². The Balaban J connectivity index is 2.14. The third-order valence-corrected chi connectivity index (χ3v) is 4.86. The Hall–Kier alpha value is -1.58. The van der Waals surface area contributed by atoms with Gasteiger partial charge in [-0.2, -0.15) is 0 Å². The normalized spacial score (nSPS) is 11.1. The van der Waals surface area contributed by atoms with Gasteiger partial charge in [-0.15, -0.1) is 11.3 Å². The van der Waals surface area contributed by atoms with Crippen LogP contribution in [0, 0.1) is 0 Å². The molecular weight excluding hydrogens is 406 g/mol. The number of halogens is 1. The van der Waals surface area contributed by atoms with Gasteiger partial charge in [-0.3, -0.25) is 4.79 Å². The number of methoxy groups -OCH3 is 1. The number of sulfonamides is 1. The van der Waals surface area contributed by atoms with E-state index in [4.69, 9.17) is 9.47 Å². The first-order valence-corrected chi connectivity index (χ1v) is 9.86. The lowest BCUT2D eigenvalue weighted by Gasteiger charge is -2.11. The van der Waals surface area contributed by atoms with Crippen LogP contribution in [0.2, 0.25) is 0 Å². The second kappa shape index (κ2) is 7.33. The lowest BCUT2D eigenvalue weighted by atomic mass is 10.2. The summed E-state index contributed by atoms with van der Waals surface area (Å²) < 4.78 is 36.0. The number of ether oxygens (including phenoxy) is 2. The first-order chi connectivity index (χ1) is 10.8. The number of hydrogen-bond donors (Lipinski definition) is 1. The molecular formula is C14H14BrNO5S2. The van der Waals surface area contributed by atoms with Crippen molar-refractivity contribution < 1.29 is 22.7 Å². The summed E-state index contributed by atoms with van der Waals surface area (Å²) in [5.41, 5.74) is 0.165. The van der Waals surface area contributed by atoms with Crippen molar-refractivity contribution >= 4 is 43.2 Å². The fourth-order valence-corrected chi connectivity index (χ4v) is 3.58. The van der Waals surface area contributed by atoms with Crippen molar-refractivity contribution in [1.29, 1.82) is 0 Å². The fourth-order valence-electron chi connectivity index (χ4n) is 1.73. The summed E-state index contributed by atoms with van der Waals surface area (Å²) in [4.78, 5) is 12.9. The van der Waals surface area contributed by atoms with Crippen molar-refractivity contribution in [2.24, 2.45) is 0 Å². The van der Waals surface area contributed by atoms with E-state index >= 15 is 0 Å². The van der Waals surface area contributed by atoms with Gasteiger partial charge in [-0.05, 0) is 46.3 Å². The Morgan fingerprint density at radius 3 is 2.57 bits per heavy atom. The molecule has 0 atom stereocenters. The topological polar surface area (TPSA) is 81.7 Å². The van der Waals surface area contributed by atoms with Crippen molar-refractivity contribution in [3.05, 3.63) is 44.6 Å². The summed E-state index contributed by atoms with van der Waals surface area (Å²) in [7, 11) is -2.17. The molecule has 0 fully saturated rings. The lowest BCUT2D eigenvalue weighted by molar-refractivity contribution is 0.0981. The summed E-state index contributed by atoms with van der Waals surface area (Å²) in [5, 5.41) is 0. The highest BCUT2D eigenvalue weighted by atomic mass is 79.9. The average molecular weight is 420 g/mol. The zero-order chi connectivity index (χ0) is 17.0. The van der Waals surface area contributed by atoms with E-state index < -0.39 is 15.9 Å². The van der Waals surface area contributed by atoms with Crippen molar-refractivity contribution in [3.8, 4) is 11.5 Å². The molecule has 23 heavy (non-hydrogen) atoms. The molecule has 0 saturated carbocycles. The van der Waals surface area contributed by atoms with Crippen molar-refractivity contribution in [2.75, 3.05) is 13.4 Å². The number of carbonyl (C=O) groups is 1. The molecule has 0 saturated heterocycles. The van der Waals surface area contributed by atoms with Crippen LogP contribution in [0.1, 0.15) is 15.2 Å². The number of amides is 1. The lowest BCUT2D eigenvalue weighted by Crippen LogP contribution is -2.29. The number of carbonyl (C=O) groups excluding carboxylic acids is 1. The van der Waals surface area contributed by atoms with Gasteiger partial charge in [0, 0.05) is 10.4 Å². The molecule has 0 radical (unpaired) electrons. The Labute approximate surface area is 146 Å². The number of hydrogen-bond acceptors (Lipinski definition) is 6. The first kappa shape index (κ1) is 17.8. The Bertz CT molecular complexity index is 816. The Morgan fingerprint density at radius 2 is 2.00 bits per heavy atom. The van der Waals surface area contributed by atoms with E-state index in [9.17, 15) is 13.2 Å². The largest absolute Gasteiger partial charge is 0.493 e. The SMILES string of the molecule is COc1cc(C(=O)NS(C)(=O)=O)ccc1OCc1ccc(Br)s1. The molecule has 0 aliphatic rings. The molecule has 1 N–H and O–H groups in total. The number of thiophene rings is 1. The van der Waals surface area contributed by atoms with Crippen LogP contribution in [0.5, 0.6) is 11.5 Å². The highest BCUT2D eigenvalue weighted by molar-refractivity contribution is 9.11. The van der Waals surface area contributed by atoms with Gasteiger partial charge in [0.25, 0.3) is 5.91 Å². The summed E-state index contributed by atoms with van der Waals surface area (Å²) in [6, 6.07) is 8.34. The number of benzene rings is 1. The fraction of sp³-hybridized carbons (Fsp3) is 0.214. The third-order valence-electron chi connectivity index (χ3n) is 2.70. The van der Waals surface area contributed by atoms with Crippen LogP contribution in [0.3, 0.4) is 0 Å². The molecule has 1 heterocycles. The minimum atomic E-state index is -3.62. The third kappa shape index (κ3) is 5.22. The monoisotopic (exact) mass is 419 g/mol. The summed E-state index contributed by atoms with van der Waals surface area (Å²) in [6.45, 7) is 0.363. The van der Waals surface area contributed by atoms with Gasteiger partial charge in [-0.25, -0.2) is 13.1 Å². The number of nitrogens with one attached hydrogen (secondary N) is 1. The van der Waals surface area contributed by atoms with Crippen LogP contribution < -0.4 is 14.2 Å². The molecule has 0 spiro atoms. The van der Waals surface area contributed by atoms with Gasteiger partial charge in [0.05, 0.1) is 17.2 Å². The molecule has 124 valence electrons. The van der Waals surface area contributed by atoms with Crippen molar-refractivity contribution in [2.45, 2.75) is 6.61 Å². The zero-order valence-corrected chi connectivity index (χ0v) is 15.5. The van der Waals surface area contributed by atoms with Crippen LogP contribution in [0.15, 0.2) is 34.1 Å². The zero-order valence-electron chi connectivity index (χ0n) is 12.3. The summed E-state index contributed by atoms with van der Waals surface area (Å²) >= 11 is 4.94. The molecule has 9 heteroatoms.